The smallest absolute Gasteiger partial charge is 0.246 e. The summed E-state index contributed by atoms with van der Waals surface area (Å²) in [5, 5.41) is 8.88. The zero-order valence-electron chi connectivity index (χ0n) is 19.0. The fourth-order valence-corrected chi connectivity index (χ4v) is 2.88. The normalized spacial score (nSPS) is 14.3. The molecule has 0 aliphatic carbocycles. The predicted molar refractivity (Wildman–Crippen MR) is 115 cm³/mol. The quantitative estimate of drug-likeness (QED) is 0.355. The molecule has 0 aliphatic rings. The molecule has 0 atom stereocenters. The molecule has 28 heavy (non-hydrogen) atoms. The van der Waals surface area contributed by atoms with Gasteiger partial charge in [0.05, 0.1) is 11.4 Å². The van der Waals surface area contributed by atoms with Crippen LogP contribution in [0.3, 0.4) is 0 Å². The van der Waals surface area contributed by atoms with Crippen molar-refractivity contribution >= 4 is 11.8 Å². The molecule has 0 bridgehead atoms. The second-order valence-corrected chi connectivity index (χ2v) is 9.17. The molecular weight excluding hydrogens is 352 g/mol. The van der Waals surface area contributed by atoms with Gasteiger partial charge in [-0.15, -0.1) is 0 Å². The number of carbonyl (C=O) groups excluding carboxylic acids is 2. The van der Waals surface area contributed by atoms with Gasteiger partial charge in [-0.25, -0.2) is 0 Å². The highest BCUT2D eigenvalue weighted by Crippen LogP contribution is 2.26. The lowest BCUT2D eigenvalue weighted by Gasteiger charge is -2.15. The number of nitrogens with zero attached hydrogens (tertiary/aromatic N) is 2. The molecule has 0 aromatic rings. The van der Waals surface area contributed by atoms with Crippen molar-refractivity contribution < 1.29 is 9.59 Å². The van der Waals surface area contributed by atoms with Crippen molar-refractivity contribution in [3.8, 4) is 0 Å². The largest absolute Gasteiger partial charge is 0.366 e. The molecule has 0 unspecified atom stereocenters. The molecular formula is C22H40N4O2. The molecule has 0 heterocycles. The van der Waals surface area contributed by atoms with Gasteiger partial charge < -0.3 is 11.5 Å². The van der Waals surface area contributed by atoms with Crippen LogP contribution in [0.15, 0.2) is 32.8 Å². The Kier molecular flexibility index (Phi) is 11.6. The number of amides is 2. The van der Waals surface area contributed by atoms with Crippen molar-refractivity contribution in [2.75, 3.05) is 0 Å². The Morgan fingerprint density at radius 2 is 0.821 bits per heavy atom. The Morgan fingerprint density at radius 3 is 1.00 bits per heavy atom. The average Bonchev–Trinajstić information content (AvgIpc) is 2.51. The Balaban J connectivity index is 6.36. The van der Waals surface area contributed by atoms with Crippen molar-refractivity contribution in [1.82, 2.24) is 0 Å². The Labute approximate surface area is 170 Å². The van der Waals surface area contributed by atoms with E-state index in [4.69, 9.17) is 11.5 Å². The fraction of sp³-hybridized carbons (Fsp3) is 0.727. The van der Waals surface area contributed by atoms with E-state index in [0.717, 1.165) is 0 Å². The van der Waals surface area contributed by atoms with Gasteiger partial charge in [-0.05, 0) is 49.4 Å². The lowest BCUT2D eigenvalue weighted by atomic mass is 9.96. The lowest BCUT2D eigenvalue weighted by molar-refractivity contribution is -0.115. The Bertz CT molecular complexity index is 572. The van der Waals surface area contributed by atoms with Gasteiger partial charge in [0.15, 0.2) is 0 Å². The minimum atomic E-state index is -0.463. The molecule has 0 rings (SSSR count). The summed E-state index contributed by atoms with van der Waals surface area (Å²) in [4.78, 5) is 24.1. The minimum absolute atomic E-state index is 0.271. The summed E-state index contributed by atoms with van der Waals surface area (Å²) in [6.45, 7) is 16.4. The van der Waals surface area contributed by atoms with E-state index in [0.29, 0.717) is 60.1 Å². The van der Waals surface area contributed by atoms with Crippen molar-refractivity contribution in [3.63, 3.8) is 0 Å². The van der Waals surface area contributed by atoms with Gasteiger partial charge in [-0.3, -0.25) is 9.59 Å². The van der Waals surface area contributed by atoms with Crippen LogP contribution in [-0.4, -0.2) is 11.8 Å². The van der Waals surface area contributed by atoms with Crippen LogP contribution in [0.25, 0.3) is 0 Å². The van der Waals surface area contributed by atoms with Crippen molar-refractivity contribution in [2.45, 2.75) is 81.1 Å². The van der Waals surface area contributed by atoms with E-state index in [1.165, 1.54) is 0 Å². The van der Waals surface area contributed by atoms with E-state index < -0.39 is 11.8 Å². The molecule has 0 saturated carbocycles. The molecule has 0 saturated heterocycles. The fourth-order valence-electron chi connectivity index (χ4n) is 2.88. The molecule has 0 fully saturated rings. The third kappa shape index (κ3) is 10.4. The number of hydrogen-bond donors (Lipinski definition) is 2. The molecule has 0 spiro atoms. The number of nitrogens with two attached hydrogens (primary N) is 2. The summed E-state index contributed by atoms with van der Waals surface area (Å²) < 4.78 is 0. The Morgan fingerprint density at radius 1 is 0.571 bits per heavy atom. The summed E-state index contributed by atoms with van der Waals surface area (Å²) in [6.07, 6.45) is 2.29. The SMILES string of the molecule is CC(C)CC(/N=N\C(CC(C)C)=C(/CC(C)C)C(N)=O)=C(\CC(C)C)C(N)=O. The summed E-state index contributed by atoms with van der Waals surface area (Å²) in [6, 6.07) is 0. The van der Waals surface area contributed by atoms with Crippen LogP contribution in [-0.2, 0) is 9.59 Å². The summed E-state index contributed by atoms with van der Waals surface area (Å²) in [5.74, 6) is 0.198. The van der Waals surface area contributed by atoms with Crippen molar-refractivity contribution in [1.29, 1.82) is 0 Å². The van der Waals surface area contributed by atoms with E-state index in [1.54, 1.807) is 0 Å². The van der Waals surface area contributed by atoms with Crippen molar-refractivity contribution in [2.24, 2.45) is 45.4 Å². The first kappa shape index (κ1) is 26.0. The summed E-state index contributed by atoms with van der Waals surface area (Å²) in [7, 11) is 0. The number of carbonyl (C=O) groups is 2. The molecule has 2 amide bonds. The van der Waals surface area contributed by atoms with Crippen LogP contribution >= 0.6 is 0 Å². The number of primary amides is 2. The number of rotatable bonds is 12. The molecule has 4 N–H and O–H groups in total. The van der Waals surface area contributed by atoms with Crippen LogP contribution in [0, 0.1) is 23.7 Å². The van der Waals surface area contributed by atoms with E-state index in [1.807, 2.05) is 27.7 Å². The molecule has 0 radical (unpaired) electrons. The first-order valence-electron chi connectivity index (χ1n) is 10.3. The highest BCUT2D eigenvalue weighted by atomic mass is 16.1. The molecule has 0 aromatic heterocycles. The lowest BCUT2D eigenvalue weighted by Crippen LogP contribution is -2.18. The van der Waals surface area contributed by atoms with Gasteiger partial charge in [0.25, 0.3) is 0 Å². The average molecular weight is 393 g/mol. The Hall–Kier alpha value is -1.98. The van der Waals surface area contributed by atoms with Gasteiger partial charge in [0.2, 0.25) is 11.8 Å². The van der Waals surface area contributed by atoms with Crippen molar-refractivity contribution in [3.05, 3.63) is 22.5 Å². The monoisotopic (exact) mass is 392 g/mol. The third-order valence-electron chi connectivity index (χ3n) is 4.01. The molecule has 160 valence electrons. The van der Waals surface area contributed by atoms with Gasteiger partial charge in [0.1, 0.15) is 0 Å². The van der Waals surface area contributed by atoms with Gasteiger partial charge in [-0.2, -0.15) is 10.2 Å². The van der Waals surface area contributed by atoms with Gasteiger partial charge >= 0.3 is 0 Å². The maximum absolute atomic E-state index is 12.0. The van der Waals surface area contributed by atoms with Gasteiger partial charge in [-0.1, -0.05) is 55.4 Å². The first-order valence-corrected chi connectivity index (χ1v) is 10.3. The van der Waals surface area contributed by atoms with E-state index >= 15 is 0 Å². The molecule has 0 aliphatic heterocycles. The standard InChI is InChI=1S/C22H40N4O2/c1-13(2)9-17(21(23)27)19(11-15(5)6)25-26-20(12-16(7)8)18(22(24)28)10-14(3)4/h13-16H,9-12H2,1-8H3,(H2,23,27)(H2,24,28)/b19-17-,20-18+,26-25-. The highest BCUT2D eigenvalue weighted by Gasteiger charge is 2.18. The van der Waals surface area contributed by atoms with Crippen LogP contribution in [0.1, 0.15) is 81.1 Å². The highest BCUT2D eigenvalue weighted by molar-refractivity contribution is 5.93. The zero-order valence-corrected chi connectivity index (χ0v) is 19.0. The first-order chi connectivity index (χ1) is 12.8. The predicted octanol–water partition coefficient (Wildman–Crippen LogP) is 5.10. The van der Waals surface area contributed by atoms with Crippen LogP contribution in [0.2, 0.25) is 0 Å². The number of azo groups is 1. The topological polar surface area (TPSA) is 111 Å². The van der Waals surface area contributed by atoms with Crippen LogP contribution in [0.5, 0.6) is 0 Å². The third-order valence-corrected chi connectivity index (χ3v) is 4.01. The van der Waals surface area contributed by atoms with E-state index in [9.17, 15) is 9.59 Å². The maximum atomic E-state index is 12.0. The van der Waals surface area contributed by atoms with Crippen LogP contribution < -0.4 is 11.5 Å². The zero-order chi connectivity index (χ0) is 22.0. The maximum Gasteiger partial charge on any atom is 0.246 e. The number of hydrogen-bond acceptors (Lipinski definition) is 4. The van der Waals surface area contributed by atoms with E-state index in [2.05, 4.69) is 37.9 Å². The second kappa shape index (κ2) is 12.5. The summed E-state index contributed by atoms with van der Waals surface area (Å²) >= 11 is 0. The minimum Gasteiger partial charge on any atom is -0.366 e. The molecule has 6 nitrogen and oxygen atoms in total. The van der Waals surface area contributed by atoms with E-state index in [-0.39, 0.29) is 11.8 Å². The summed E-state index contributed by atoms with van der Waals surface area (Å²) in [5.41, 5.74) is 13.5. The molecule has 0 aromatic carbocycles. The molecule has 6 heteroatoms. The number of allylic oxidation sites excluding steroid dienone is 2. The second-order valence-electron chi connectivity index (χ2n) is 9.17. The van der Waals surface area contributed by atoms with Gasteiger partial charge in [0, 0.05) is 11.1 Å². The van der Waals surface area contributed by atoms with Crippen LogP contribution in [0.4, 0.5) is 0 Å².